The summed E-state index contributed by atoms with van der Waals surface area (Å²) in [6.07, 6.45) is 7.07. The maximum atomic E-state index is 14.5. The average Bonchev–Trinajstić information content (AvgIpc) is 3.79. The van der Waals surface area contributed by atoms with Crippen LogP contribution < -0.4 is 5.32 Å². The van der Waals surface area contributed by atoms with Crippen LogP contribution >= 0.6 is 0 Å². The van der Waals surface area contributed by atoms with Gasteiger partial charge in [-0.05, 0) is 69.9 Å². The third kappa shape index (κ3) is 5.69. The van der Waals surface area contributed by atoms with E-state index in [1.807, 2.05) is 30.1 Å². The van der Waals surface area contributed by atoms with Crippen molar-refractivity contribution >= 4 is 28.9 Å². The molecule has 236 valence electrons. The molecule has 0 bridgehead atoms. The first-order valence-electron chi connectivity index (χ1n) is 15.3. The van der Waals surface area contributed by atoms with Crippen molar-refractivity contribution in [2.24, 2.45) is 7.05 Å². The second-order valence-corrected chi connectivity index (χ2v) is 12.6. The minimum Gasteiger partial charge on any atom is -0.444 e. The van der Waals surface area contributed by atoms with Gasteiger partial charge in [-0.25, -0.2) is 19.4 Å². The van der Waals surface area contributed by atoms with Crippen LogP contribution in [0.25, 0.3) is 22.4 Å². The van der Waals surface area contributed by atoms with E-state index in [0.717, 1.165) is 52.9 Å². The Kier molecular flexibility index (Phi) is 7.47. The Balaban J connectivity index is 1.24. The molecule has 0 saturated carbocycles. The highest BCUT2D eigenvalue weighted by Gasteiger charge is 2.33. The molecule has 0 radical (unpaired) electrons. The van der Waals surface area contributed by atoms with Crippen molar-refractivity contribution in [2.75, 3.05) is 5.32 Å². The van der Waals surface area contributed by atoms with Gasteiger partial charge in [0.15, 0.2) is 5.82 Å². The number of nitrogens with zero attached hydrogens (tertiary/aromatic N) is 7. The number of fused-ring (bicyclic) bond motifs is 4. The van der Waals surface area contributed by atoms with E-state index in [4.69, 9.17) is 24.4 Å². The summed E-state index contributed by atoms with van der Waals surface area (Å²) in [5.74, 6) is 0.872. The summed E-state index contributed by atoms with van der Waals surface area (Å²) >= 11 is 0. The molecule has 13 nitrogen and oxygen atoms in total. The van der Waals surface area contributed by atoms with Gasteiger partial charge in [0, 0.05) is 36.1 Å². The lowest BCUT2D eigenvalue weighted by molar-refractivity contribution is 0.0619. The average molecular weight is 622 g/mol. The number of anilines is 1. The molecule has 46 heavy (non-hydrogen) atoms. The first kappa shape index (κ1) is 29.5. The van der Waals surface area contributed by atoms with Crippen LogP contribution in [0.5, 0.6) is 0 Å². The van der Waals surface area contributed by atoms with E-state index in [-0.39, 0.29) is 18.5 Å². The smallest absolute Gasteiger partial charge is 0.413 e. The van der Waals surface area contributed by atoms with Crippen molar-refractivity contribution in [2.45, 2.75) is 71.4 Å². The summed E-state index contributed by atoms with van der Waals surface area (Å²) in [4.78, 5) is 50.8. The van der Waals surface area contributed by atoms with Gasteiger partial charge in [0.25, 0.3) is 5.91 Å². The monoisotopic (exact) mass is 621 g/mol. The van der Waals surface area contributed by atoms with Crippen LogP contribution in [0.2, 0.25) is 0 Å². The highest BCUT2D eigenvalue weighted by atomic mass is 16.6. The lowest BCUT2D eigenvalue weighted by Gasteiger charge is -2.34. The number of nitrogens with one attached hydrogen (secondary N) is 2. The van der Waals surface area contributed by atoms with Crippen LogP contribution in [0.15, 0.2) is 49.1 Å². The second kappa shape index (κ2) is 11.6. The molecule has 5 aromatic heterocycles. The standard InChI is InChI=1S/C33H35N9O4/c1-33(2,3)46-32(44)40-29-23-17-45-16-22(23)28-24(39-29)13-25(38-28)31(43)42(26-9-5-7-19-8-6-12-34-27(19)26)15-21-11-10-20(14-35-21)30-36-18-37-41(30)4/h6,8,10-14,18,26,38H,5,7,9,15-17H2,1-4H3,(H,39,40,44)/t26-/m1/s1. The molecule has 1 atom stereocenters. The Morgan fingerprint density at radius 2 is 2.00 bits per heavy atom. The third-order valence-corrected chi connectivity index (χ3v) is 8.25. The van der Waals surface area contributed by atoms with Crippen molar-refractivity contribution in [1.29, 1.82) is 0 Å². The van der Waals surface area contributed by atoms with Crippen LogP contribution in [0.4, 0.5) is 10.6 Å². The molecule has 2 N–H and O–H groups in total. The van der Waals surface area contributed by atoms with Gasteiger partial charge in [-0.3, -0.25) is 20.1 Å². The van der Waals surface area contributed by atoms with Crippen LogP contribution in [0, 0.1) is 0 Å². The van der Waals surface area contributed by atoms with E-state index in [2.05, 4.69) is 26.4 Å². The number of pyridine rings is 3. The molecular formula is C33H35N9O4. The van der Waals surface area contributed by atoms with Gasteiger partial charge in [-0.2, -0.15) is 5.10 Å². The van der Waals surface area contributed by atoms with Crippen LogP contribution in [-0.2, 0) is 42.7 Å². The molecule has 2 amide bonds. The van der Waals surface area contributed by atoms with E-state index < -0.39 is 11.7 Å². The van der Waals surface area contributed by atoms with Gasteiger partial charge < -0.3 is 19.4 Å². The zero-order valence-electron chi connectivity index (χ0n) is 26.2. The van der Waals surface area contributed by atoms with Crippen molar-refractivity contribution < 1.29 is 19.1 Å². The predicted molar refractivity (Wildman–Crippen MR) is 168 cm³/mol. The molecule has 1 aliphatic carbocycles. The van der Waals surface area contributed by atoms with E-state index in [9.17, 15) is 9.59 Å². The van der Waals surface area contributed by atoms with Crippen LogP contribution in [-0.4, -0.2) is 57.2 Å². The molecule has 5 aromatic rings. The largest absolute Gasteiger partial charge is 0.444 e. The van der Waals surface area contributed by atoms with Crippen molar-refractivity contribution in [1.82, 2.24) is 39.6 Å². The first-order valence-corrected chi connectivity index (χ1v) is 15.3. The summed E-state index contributed by atoms with van der Waals surface area (Å²) in [5, 5.41) is 6.93. The number of ether oxygens (including phenoxy) is 2. The van der Waals surface area contributed by atoms with Crippen molar-refractivity contribution in [3.05, 3.63) is 82.8 Å². The number of carbonyl (C=O) groups is 2. The summed E-state index contributed by atoms with van der Waals surface area (Å²) in [6.45, 7) is 6.29. The van der Waals surface area contributed by atoms with Crippen LogP contribution in [0.1, 0.15) is 78.2 Å². The molecule has 0 unspecified atom stereocenters. The molecule has 0 saturated heterocycles. The van der Waals surface area contributed by atoms with E-state index in [0.29, 0.717) is 41.6 Å². The normalized spacial score (nSPS) is 15.8. The third-order valence-electron chi connectivity index (χ3n) is 8.25. The summed E-state index contributed by atoms with van der Waals surface area (Å²) < 4.78 is 12.9. The SMILES string of the molecule is Cn1ncnc1-c1ccc(CN(C(=O)c2cc3nc(NC(=O)OC(C)(C)C)c4c(c3[nH]2)COC4)[C@@H]2CCCc3cccnc32)nc1. The molecular weight excluding hydrogens is 586 g/mol. The Bertz CT molecular complexity index is 1940. The van der Waals surface area contributed by atoms with E-state index in [1.165, 1.54) is 6.33 Å². The number of H-pyrrole nitrogens is 1. The molecule has 7 rings (SSSR count). The summed E-state index contributed by atoms with van der Waals surface area (Å²) in [7, 11) is 1.83. The van der Waals surface area contributed by atoms with Gasteiger partial charge in [0.1, 0.15) is 23.4 Å². The number of amides is 2. The molecule has 0 fully saturated rings. The zero-order valence-corrected chi connectivity index (χ0v) is 26.2. The zero-order chi connectivity index (χ0) is 32.0. The molecule has 2 aliphatic rings. The Labute approximate surface area is 265 Å². The maximum Gasteiger partial charge on any atom is 0.413 e. The number of aromatic amines is 1. The molecule has 1 aliphatic heterocycles. The fraction of sp³-hybridized carbons (Fsp3) is 0.364. The molecule has 13 heteroatoms. The molecule has 6 heterocycles. The summed E-state index contributed by atoms with van der Waals surface area (Å²) in [5.41, 5.74) is 6.20. The number of hydrogen-bond donors (Lipinski definition) is 2. The van der Waals surface area contributed by atoms with Gasteiger partial charge in [0.05, 0.1) is 48.2 Å². The number of aryl methyl sites for hydroxylation is 2. The van der Waals surface area contributed by atoms with Gasteiger partial charge in [0.2, 0.25) is 0 Å². The van der Waals surface area contributed by atoms with E-state index in [1.54, 1.807) is 43.9 Å². The van der Waals surface area contributed by atoms with Crippen LogP contribution in [0.3, 0.4) is 0 Å². The lowest BCUT2D eigenvalue weighted by Crippen LogP contribution is -2.37. The highest BCUT2D eigenvalue weighted by Crippen LogP contribution is 2.37. The van der Waals surface area contributed by atoms with Gasteiger partial charge in [-0.1, -0.05) is 6.07 Å². The number of aromatic nitrogens is 7. The Hall–Kier alpha value is -5.17. The van der Waals surface area contributed by atoms with E-state index >= 15 is 0 Å². The van der Waals surface area contributed by atoms with Gasteiger partial charge >= 0.3 is 6.09 Å². The highest BCUT2D eigenvalue weighted by molar-refractivity contribution is 5.99. The van der Waals surface area contributed by atoms with Crippen molar-refractivity contribution in [3.63, 3.8) is 0 Å². The lowest BCUT2D eigenvalue weighted by atomic mass is 9.90. The molecule has 0 spiro atoms. The molecule has 0 aromatic carbocycles. The number of hydrogen-bond acceptors (Lipinski definition) is 9. The first-order chi connectivity index (χ1) is 22.1. The summed E-state index contributed by atoms with van der Waals surface area (Å²) in [6, 6.07) is 9.37. The minimum atomic E-state index is -0.664. The quantitative estimate of drug-likeness (QED) is 0.259. The number of rotatable bonds is 6. The number of carbonyl (C=O) groups excluding carboxylic acids is 2. The minimum absolute atomic E-state index is 0.199. The maximum absolute atomic E-state index is 14.5. The second-order valence-electron chi connectivity index (χ2n) is 12.6. The fourth-order valence-corrected chi connectivity index (χ4v) is 6.18. The Morgan fingerprint density at radius 3 is 2.76 bits per heavy atom. The topological polar surface area (TPSA) is 153 Å². The predicted octanol–water partition coefficient (Wildman–Crippen LogP) is 5.25. The van der Waals surface area contributed by atoms with Gasteiger partial charge in [-0.15, -0.1) is 0 Å². The van der Waals surface area contributed by atoms with Crippen molar-refractivity contribution in [3.8, 4) is 11.4 Å². The Morgan fingerprint density at radius 1 is 1.15 bits per heavy atom. The fourth-order valence-electron chi connectivity index (χ4n) is 6.18.